The first-order valence-electron chi connectivity index (χ1n) is 6.49. The minimum atomic E-state index is 0.523. The highest BCUT2D eigenvalue weighted by molar-refractivity contribution is 7.09. The van der Waals surface area contributed by atoms with E-state index in [9.17, 15) is 0 Å². The van der Waals surface area contributed by atoms with Crippen LogP contribution in [0, 0.1) is 0 Å². The highest BCUT2D eigenvalue weighted by Crippen LogP contribution is 2.20. The zero-order valence-corrected chi connectivity index (χ0v) is 12.1. The van der Waals surface area contributed by atoms with Gasteiger partial charge in [-0.25, -0.2) is 4.98 Å². The van der Waals surface area contributed by atoms with E-state index < -0.39 is 0 Å². The van der Waals surface area contributed by atoms with Crippen molar-refractivity contribution in [2.45, 2.75) is 39.8 Å². The van der Waals surface area contributed by atoms with Gasteiger partial charge in [-0.05, 0) is 18.7 Å². The van der Waals surface area contributed by atoms with Crippen LogP contribution in [0.4, 0.5) is 0 Å². The molecule has 0 aliphatic rings. The predicted octanol–water partition coefficient (Wildman–Crippen LogP) is 3.23. The number of aromatic nitrogens is 2. The summed E-state index contributed by atoms with van der Waals surface area (Å²) in [5, 5.41) is 6.76. The molecule has 3 nitrogen and oxygen atoms in total. The summed E-state index contributed by atoms with van der Waals surface area (Å²) in [7, 11) is 0. The molecule has 0 bridgehead atoms. The maximum atomic E-state index is 4.68. The van der Waals surface area contributed by atoms with Crippen molar-refractivity contribution in [3.63, 3.8) is 0 Å². The number of rotatable bonds is 6. The van der Waals surface area contributed by atoms with Crippen LogP contribution in [0.2, 0.25) is 0 Å². The van der Waals surface area contributed by atoms with Crippen LogP contribution in [0.3, 0.4) is 0 Å². The van der Waals surface area contributed by atoms with E-state index in [-0.39, 0.29) is 0 Å². The molecule has 0 saturated heterocycles. The van der Waals surface area contributed by atoms with E-state index in [4.69, 9.17) is 0 Å². The molecule has 0 unspecified atom stereocenters. The smallest absolute Gasteiger partial charge is 0.0954 e. The van der Waals surface area contributed by atoms with Gasteiger partial charge in [-0.1, -0.05) is 20.8 Å². The summed E-state index contributed by atoms with van der Waals surface area (Å²) in [5.74, 6) is 0.523. The van der Waals surface area contributed by atoms with E-state index in [2.05, 4.69) is 59.3 Å². The molecule has 0 atom stereocenters. The molecule has 2 rings (SSSR count). The average molecular weight is 263 g/mol. The van der Waals surface area contributed by atoms with E-state index in [0.717, 1.165) is 25.3 Å². The SMILES string of the molecule is CCNCc1cccn1Cc1csc(C(C)C)n1. The average Bonchev–Trinajstić information content (AvgIpc) is 2.96. The maximum absolute atomic E-state index is 4.68. The molecule has 0 aliphatic heterocycles. The molecule has 0 radical (unpaired) electrons. The van der Waals surface area contributed by atoms with Gasteiger partial charge in [0.05, 0.1) is 17.2 Å². The fourth-order valence-electron chi connectivity index (χ4n) is 1.85. The summed E-state index contributed by atoms with van der Waals surface area (Å²) in [6.07, 6.45) is 2.13. The first-order valence-corrected chi connectivity index (χ1v) is 7.37. The standard InChI is InChI=1S/C14H21N3S/c1-4-15-8-13-6-5-7-17(13)9-12-10-18-14(16-12)11(2)3/h5-7,10-11,15H,4,8-9H2,1-3H3. The summed E-state index contributed by atoms with van der Waals surface area (Å²) in [6, 6.07) is 4.26. The number of nitrogens with zero attached hydrogens (tertiary/aromatic N) is 2. The van der Waals surface area contributed by atoms with Crippen molar-refractivity contribution >= 4 is 11.3 Å². The lowest BCUT2D eigenvalue weighted by atomic mass is 10.2. The Morgan fingerprint density at radius 1 is 1.44 bits per heavy atom. The van der Waals surface area contributed by atoms with Crippen LogP contribution in [-0.2, 0) is 13.1 Å². The van der Waals surface area contributed by atoms with Gasteiger partial charge in [0, 0.05) is 29.7 Å². The van der Waals surface area contributed by atoms with Gasteiger partial charge in [-0.3, -0.25) is 0 Å². The zero-order chi connectivity index (χ0) is 13.0. The highest BCUT2D eigenvalue weighted by atomic mass is 32.1. The third-order valence-corrected chi connectivity index (χ3v) is 4.07. The largest absolute Gasteiger partial charge is 0.344 e. The first kappa shape index (κ1) is 13.3. The molecule has 0 fully saturated rings. The van der Waals surface area contributed by atoms with Crippen molar-refractivity contribution in [2.75, 3.05) is 6.54 Å². The molecule has 0 spiro atoms. The Bertz CT molecular complexity index is 485. The van der Waals surface area contributed by atoms with Crippen LogP contribution < -0.4 is 5.32 Å². The van der Waals surface area contributed by atoms with Gasteiger partial charge >= 0.3 is 0 Å². The third kappa shape index (κ3) is 3.21. The second-order valence-corrected chi connectivity index (χ2v) is 5.63. The summed E-state index contributed by atoms with van der Waals surface area (Å²) in [5.41, 5.74) is 2.48. The molecule has 2 aromatic rings. The second kappa shape index (κ2) is 6.16. The van der Waals surface area contributed by atoms with Crippen LogP contribution >= 0.6 is 11.3 Å². The number of nitrogens with one attached hydrogen (secondary N) is 1. The summed E-state index contributed by atoms with van der Waals surface area (Å²) < 4.78 is 2.27. The molecule has 0 saturated carbocycles. The van der Waals surface area contributed by atoms with E-state index in [0.29, 0.717) is 5.92 Å². The molecule has 0 amide bonds. The van der Waals surface area contributed by atoms with Gasteiger partial charge in [0.2, 0.25) is 0 Å². The van der Waals surface area contributed by atoms with Crippen molar-refractivity contribution in [1.82, 2.24) is 14.9 Å². The number of thiazole rings is 1. The molecule has 2 aromatic heterocycles. The Balaban J connectivity index is 2.06. The van der Waals surface area contributed by atoms with Crippen molar-refractivity contribution in [1.29, 1.82) is 0 Å². The van der Waals surface area contributed by atoms with Gasteiger partial charge in [0.1, 0.15) is 0 Å². The summed E-state index contributed by atoms with van der Waals surface area (Å²) in [4.78, 5) is 4.68. The number of hydrogen-bond donors (Lipinski definition) is 1. The molecular formula is C14H21N3S. The van der Waals surface area contributed by atoms with Gasteiger partial charge in [-0.2, -0.15) is 0 Å². The Morgan fingerprint density at radius 2 is 2.28 bits per heavy atom. The summed E-state index contributed by atoms with van der Waals surface area (Å²) in [6.45, 7) is 9.30. The second-order valence-electron chi connectivity index (χ2n) is 4.74. The van der Waals surface area contributed by atoms with Crippen LogP contribution in [0.1, 0.15) is 43.1 Å². The van der Waals surface area contributed by atoms with Crippen LogP contribution in [0.15, 0.2) is 23.7 Å². The van der Waals surface area contributed by atoms with E-state index in [1.165, 1.54) is 10.7 Å². The van der Waals surface area contributed by atoms with Gasteiger partial charge in [0.15, 0.2) is 0 Å². The molecule has 18 heavy (non-hydrogen) atoms. The lowest BCUT2D eigenvalue weighted by Crippen LogP contribution is -2.15. The van der Waals surface area contributed by atoms with Gasteiger partial charge in [-0.15, -0.1) is 11.3 Å². The Hall–Kier alpha value is -1.13. The first-order chi connectivity index (χ1) is 8.70. The Labute approximate surface area is 113 Å². The van der Waals surface area contributed by atoms with E-state index in [1.54, 1.807) is 11.3 Å². The molecule has 1 N–H and O–H groups in total. The fraction of sp³-hybridized carbons (Fsp3) is 0.500. The lowest BCUT2D eigenvalue weighted by molar-refractivity contribution is 0.651. The monoisotopic (exact) mass is 263 g/mol. The Kier molecular flexibility index (Phi) is 4.55. The molecule has 98 valence electrons. The quantitative estimate of drug-likeness (QED) is 0.867. The van der Waals surface area contributed by atoms with Crippen molar-refractivity contribution < 1.29 is 0 Å². The molecule has 4 heteroatoms. The minimum absolute atomic E-state index is 0.523. The molecule has 0 aromatic carbocycles. The van der Waals surface area contributed by atoms with Gasteiger partial charge in [0.25, 0.3) is 0 Å². The van der Waals surface area contributed by atoms with E-state index >= 15 is 0 Å². The van der Waals surface area contributed by atoms with Crippen LogP contribution in [-0.4, -0.2) is 16.1 Å². The van der Waals surface area contributed by atoms with Crippen molar-refractivity contribution in [3.8, 4) is 0 Å². The normalized spacial score (nSPS) is 11.3. The highest BCUT2D eigenvalue weighted by Gasteiger charge is 2.07. The lowest BCUT2D eigenvalue weighted by Gasteiger charge is -2.08. The molecular weight excluding hydrogens is 242 g/mol. The van der Waals surface area contributed by atoms with Crippen molar-refractivity contribution in [2.24, 2.45) is 0 Å². The van der Waals surface area contributed by atoms with Crippen LogP contribution in [0.25, 0.3) is 0 Å². The minimum Gasteiger partial charge on any atom is -0.344 e. The Morgan fingerprint density at radius 3 is 2.94 bits per heavy atom. The maximum Gasteiger partial charge on any atom is 0.0954 e. The summed E-state index contributed by atoms with van der Waals surface area (Å²) >= 11 is 1.76. The van der Waals surface area contributed by atoms with Crippen molar-refractivity contribution in [3.05, 3.63) is 40.1 Å². The molecule has 0 aliphatic carbocycles. The number of hydrogen-bond acceptors (Lipinski definition) is 3. The topological polar surface area (TPSA) is 29.9 Å². The zero-order valence-electron chi connectivity index (χ0n) is 11.3. The third-order valence-electron chi connectivity index (χ3n) is 2.88. The predicted molar refractivity (Wildman–Crippen MR) is 77.1 cm³/mol. The molecule has 2 heterocycles. The van der Waals surface area contributed by atoms with Crippen LogP contribution in [0.5, 0.6) is 0 Å². The van der Waals surface area contributed by atoms with Gasteiger partial charge < -0.3 is 9.88 Å². The fourth-order valence-corrected chi connectivity index (χ4v) is 2.68. The van der Waals surface area contributed by atoms with E-state index in [1.807, 2.05) is 0 Å².